The summed E-state index contributed by atoms with van der Waals surface area (Å²) in [5.41, 5.74) is 0.289. The number of anilines is 1. The molecule has 1 aliphatic heterocycles. The number of methoxy groups -OCH3 is 1. The van der Waals surface area contributed by atoms with Crippen molar-refractivity contribution in [2.75, 3.05) is 31.6 Å². The maximum Gasteiger partial charge on any atom is 0.358 e. The van der Waals surface area contributed by atoms with Gasteiger partial charge in [-0.2, -0.15) is 0 Å². The van der Waals surface area contributed by atoms with Gasteiger partial charge in [-0.15, -0.1) is 10.2 Å². The van der Waals surface area contributed by atoms with Crippen LogP contribution in [0.3, 0.4) is 0 Å². The number of carbonyl (C=O) groups excluding carboxylic acids is 1. The zero-order valence-electron chi connectivity index (χ0n) is 10.9. The van der Waals surface area contributed by atoms with E-state index in [0.29, 0.717) is 0 Å². The van der Waals surface area contributed by atoms with Crippen LogP contribution >= 0.6 is 0 Å². The largest absolute Gasteiger partial charge is 0.464 e. The normalized spacial score (nSPS) is 18.5. The fraction of sp³-hybridized carbons (Fsp3) is 0.583. The summed E-state index contributed by atoms with van der Waals surface area (Å²) in [6.45, 7) is 6.95. The Kier molecular flexibility index (Phi) is 3.47. The number of nitrogens with zero attached hydrogens (tertiary/aromatic N) is 3. The van der Waals surface area contributed by atoms with Crippen molar-refractivity contribution in [2.45, 2.75) is 19.4 Å². The van der Waals surface area contributed by atoms with Gasteiger partial charge in [-0.05, 0) is 26.0 Å². The highest BCUT2D eigenvalue weighted by Crippen LogP contribution is 2.17. The maximum atomic E-state index is 11.3. The van der Waals surface area contributed by atoms with Crippen LogP contribution in [0.1, 0.15) is 24.3 Å². The van der Waals surface area contributed by atoms with Crippen LogP contribution in [0.5, 0.6) is 0 Å². The van der Waals surface area contributed by atoms with Crippen LogP contribution in [0.4, 0.5) is 5.82 Å². The molecule has 0 aromatic carbocycles. The number of rotatable bonds is 2. The lowest BCUT2D eigenvalue weighted by molar-refractivity contribution is 0.0592. The minimum absolute atomic E-state index is 0.0565. The van der Waals surface area contributed by atoms with Crippen LogP contribution in [0.2, 0.25) is 0 Å². The van der Waals surface area contributed by atoms with Crippen molar-refractivity contribution < 1.29 is 9.53 Å². The molecule has 0 saturated carbocycles. The maximum absolute atomic E-state index is 11.3. The lowest BCUT2D eigenvalue weighted by Gasteiger charge is -2.39. The number of carbonyl (C=O) groups is 1. The molecular weight excluding hydrogens is 232 g/mol. The highest BCUT2D eigenvalue weighted by Gasteiger charge is 2.26. The second kappa shape index (κ2) is 4.89. The summed E-state index contributed by atoms with van der Waals surface area (Å²) in [5.74, 6) is 0.326. The van der Waals surface area contributed by atoms with Crippen molar-refractivity contribution in [1.82, 2.24) is 15.5 Å². The van der Waals surface area contributed by atoms with Gasteiger partial charge in [-0.3, -0.25) is 0 Å². The number of nitrogens with one attached hydrogen (secondary N) is 1. The zero-order chi connectivity index (χ0) is 13.2. The van der Waals surface area contributed by atoms with Crippen molar-refractivity contribution in [2.24, 2.45) is 0 Å². The Hall–Kier alpha value is -1.69. The molecule has 1 saturated heterocycles. The summed E-state index contributed by atoms with van der Waals surface area (Å²) in [7, 11) is 1.33. The Morgan fingerprint density at radius 1 is 1.44 bits per heavy atom. The molecule has 1 aliphatic rings. The summed E-state index contributed by atoms with van der Waals surface area (Å²) in [5, 5.41) is 11.4. The van der Waals surface area contributed by atoms with E-state index >= 15 is 0 Å². The molecule has 0 amide bonds. The Labute approximate surface area is 106 Å². The van der Waals surface area contributed by atoms with Crippen molar-refractivity contribution >= 4 is 11.8 Å². The topological polar surface area (TPSA) is 67.3 Å². The van der Waals surface area contributed by atoms with Crippen molar-refractivity contribution in [3.8, 4) is 0 Å². The van der Waals surface area contributed by atoms with Gasteiger partial charge in [0, 0.05) is 25.2 Å². The van der Waals surface area contributed by atoms with E-state index in [0.717, 1.165) is 25.5 Å². The van der Waals surface area contributed by atoms with E-state index in [1.165, 1.54) is 7.11 Å². The van der Waals surface area contributed by atoms with Gasteiger partial charge in [0.05, 0.1) is 7.11 Å². The highest BCUT2D eigenvalue weighted by molar-refractivity contribution is 5.86. The highest BCUT2D eigenvalue weighted by atomic mass is 16.5. The van der Waals surface area contributed by atoms with Gasteiger partial charge < -0.3 is 15.0 Å². The molecule has 18 heavy (non-hydrogen) atoms. The minimum atomic E-state index is -0.463. The SMILES string of the molecule is COC(=O)c1ccc(N2CCNC(C)(C)C2)nn1. The molecule has 0 atom stereocenters. The summed E-state index contributed by atoms with van der Waals surface area (Å²) < 4.78 is 4.59. The summed E-state index contributed by atoms with van der Waals surface area (Å²) in [4.78, 5) is 13.4. The van der Waals surface area contributed by atoms with E-state index in [9.17, 15) is 4.79 Å². The van der Waals surface area contributed by atoms with Gasteiger partial charge in [0.15, 0.2) is 11.5 Å². The monoisotopic (exact) mass is 250 g/mol. The number of hydrogen-bond acceptors (Lipinski definition) is 6. The molecule has 6 nitrogen and oxygen atoms in total. The second-order valence-corrected chi connectivity index (χ2v) is 5.00. The molecule has 1 aromatic rings. The smallest absolute Gasteiger partial charge is 0.358 e. The van der Waals surface area contributed by atoms with E-state index < -0.39 is 5.97 Å². The van der Waals surface area contributed by atoms with Crippen LogP contribution in [0, 0.1) is 0 Å². The van der Waals surface area contributed by atoms with Gasteiger partial charge in [0.1, 0.15) is 0 Å². The van der Waals surface area contributed by atoms with Crippen LogP contribution in [-0.2, 0) is 4.74 Å². The molecule has 1 aromatic heterocycles. The molecule has 0 radical (unpaired) electrons. The summed E-state index contributed by atoms with van der Waals surface area (Å²) >= 11 is 0. The molecule has 98 valence electrons. The quantitative estimate of drug-likeness (QED) is 0.769. The average Bonchev–Trinajstić information content (AvgIpc) is 2.37. The standard InChI is InChI=1S/C12H18N4O2/c1-12(2)8-16(7-6-13-12)10-5-4-9(14-15-10)11(17)18-3/h4-5,13H,6-8H2,1-3H3. The third-order valence-electron chi connectivity index (χ3n) is 2.94. The first-order valence-corrected chi connectivity index (χ1v) is 5.94. The third kappa shape index (κ3) is 2.76. The Morgan fingerprint density at radius 3 is 2.78 bits per heavy atom. The third-order valence-corrected chi connectivity index (χ3v) is 2.94. The van der Waals surface area contributed by atoms with E-state index in [1.807, 2.05) is 0 Å². The molecule has 6 heteroatoms. The lowest BCUT2D eigenvalue weighted by Crippen LogP contribution is -2.57. The fourth-order valence-corrected chi connectivity index (χ4v) is 2.04. The Balaban J connectivity index is 2.12. The van der Waals surface area contributed by atoms with Crippen molar-refractivity contribution in [3.05, 3.63) is 17.8 Å². The molecule has 1 N–H and O–H groups in total. The molecule has 1 fully saturated rings. The number of hydrogen-bond donors (Lipinski definition) is 1. The van der Waals surface area contributed by atoms with Crippen LogP contribution in [-0.4, -0.2) is 48.4 Å². The van der Waals surface area contributed by atoms with Crippen LogP contribution < -0.4 is 10.2 Å². The molecule has 2 heterocycles. The van der Waals surface area contributed by atoms with Gasteiger partial charge >= 0.3 is 5.97 Å². The first kappa shape index (κ1) is 12.8. The number of aromatic nitrogens is 2. The van der Waals surface area contributed by atoms with Gasteiger partial charge in [-0.25, -0.2) is 4.79 Å². The first-order chi connectivity index (χ1) is 8.52. The predicted octanol–water partition coefficient (Wildman–Crippen LogP) is 0.451. The van der Waals surface area contributed by atoms with E-state index in [2.05, 4.69) is 39.0 Å². The van der Waals surface area contributed by atoms with Crippen molar-refractivity contribution in [1.29, 1.82) is 0 Å². The lowest BCUT2D eigenvalue weighted by atomic mass is 10.0. The molecule has 0 unspecified atom stereocenters. The molecule has 0 aliphatic carbocycles. The predicted molar refractivity (Wildman–Crippen MR) is 67.7 cm³/mol. The van der Waals surface area contributed by atoms with E-state index in [1.54, 1.807) is 12.1 Å². The van der Waals surface area contributed by atoms with Gasteiger partial charge in [-0.1, -0.05) is 0 Å². The van der Waals surface area contributed by atoms with Gasteiger partial charge in [0.25, 0.3) is 0 Å². The summed E-state index contributed by atoms with van der Waals surface area (Å²) in [6, 6.07) is 3.45. The van der Waals surface area contributed by atoms with E-state index in [4.69, 9.17) is 0 Å². The molecular formula is C12H18N4O2. The average molecular weight is 250 g/mol. The van der Waals surface area contributed by atoms with Crippen LogP contribution in [0.15, 0.2) is 12.1 Å². The minimum Gasteiger partial charge on any atom is -0.464 e. The van der Waals surface area contributed by atoms with Gasteiger partial charge in [0.2, 0.25) is 0 Å². The second-order valence-electron chi connectivity index (χ2n) is 5.00. The number of piperazine rings is 1. The molecule has 0 bridgehead atoms. The molecule has 2 rings (SSSR count). The molecule has 0 spiro atoms. The van der Waals surface area contributed by atoms with E-state index in [-0.39, 0.29) is 11.2 Å². The first-order valence-electron chi connectivity index (χ1n) is 5.94. The zero-order valence-corrected chi connectivity index (χ0v) is 10.9. The Morgan fingerprint density at radius 2 is 2.22 bits per heavy atom. The Bertz CT molecular complexity index is 430. The number of esters is 1. The van der Waals surface area contributed by atoms with Crippen molar-refractivity contribution in [3.63, 3.8) is 0 Å². The fourth-order valence-electron chi connectivity index (χ4n) is 2.04. The summed E-state index contributed by atoms with van der Waals surface area (Å²) in [6.07, 6.45) is 0. The number of ether oxygens (including phenoxy) is 1. The van der Waals surface area contributed by atoms with Crippen LogP contribution in [0.25, 0.3) is 0 Å².